The van der Waals surface area contributed by atoms with Crippen LogP contribution in [0.15, 0.2) is 60.9 Å². The molecule has 0 bridgehead atoms. The van der Waals surface area contributed by atoms with E-state index in [1.165, 1.54) is 10.9 Å². The molecule has 0 radical (unpaired) electrons. The first kappa shape index (κ1) is 14.4. The molecule has 0 saturated carbocycles. The second kappa shape index (κ2) is 6.12. The quantitative estimate of drug-likeness (QED) is 0.451. The number of aromatic amines is 2. The molecule has 2 aromatic carbocycles. The number of hydrogen-bond acceptors (Lipinski definition) is 1. The smallest absolute Gasteiger partial charge is 0.319 e. The predicted molar refractivity (Wildman–Crippen MR) is 97.3 cm³/mol. The number of benzene rings is 2. The van der Waals surface area contributed by atoms with Crippen molar-refractivity contribution >= 4 is 33.5 Å². The summed E-state index contributed by atoms with van der Waals surface area (Å²) in [4.78, 5) is 18.5. The minimum atomic E-state index is -0.195. The molecule has 0 aliphatic rings. The first-order valence-corrected chi connectivity index (χ1v) is 7.97. The molecule has 4 rings (SSSR count). The van der Waals surface area contributed by atoms with Crippen molar-refractivity contribution in [1.82, 2.24) is 15.3 Å². The van der Waals surface area contributed by atoms with Crippen LogP contribution in [0, 0.1) is 0 Å². The number of anilines is 1. The van der Waals surface area contributed by atoms with Crippen LogP contribution in [0.4, 0.5) is 10.5 Å². The van der Waals surface area contributed by atoms with Gasteiger partial charge in [-0.3, -0.25) is 0 Å². The summed E-state index contributed by atoms with van der Waals surface area (Å²) in [5.74, 6) is 0. The molecule has 2 amide bonds. The number of carbonyl (C=O) groups excluding carboxylic acids is 1. The number of urea groups is 1. The van der Waals surface area contributed by atoms with Gasteiger partial charge in [0.25, 0.3) is 0 Å². The lowest BCUT2D eigenvalue weighted by Gasteiger charge is -2.06. The van der Waals surface area contributed by atoms with E-state index >= 15 is 0 Å². The van der Waals surface area contributed by atoms with Crippen molar-refractivity contribution in [3.05, 3.63) is 66.5 Å². The topological polar surface area (TPSA) is 72.7 Å². The summed E-state index contributed by atoms with van der Waals surface area (Å²) in [7, 11) is 0. The summed E-state index contributed by atoms with van der Waals surface area (Å²) in [6.45, 7) is 0.579. The zero-order valence-electron chi connectivity index (χ0n) is 13.1. The summed E-state index contributed by atoms with van der Waals surface area (Å²) in [5, 5.41) is 8.01. The minimum Gasteiger partial charge on any atom is -0.361 e. The highest BCUT2D eigenvalue weighted by atomic mass is 16.2. The number of amides is 2. The van der Waals surface area contributed by atoms with Crippen LogP contribution in [0.2, 0.25) is 0 Å². The molecule has 24 heavy (non-hydrogen) atoms. The highest BCUT2D eigenvalue weighted by molar-refractivity contribution is 6.00. The third kappa shape index (κ3) is 2.72. The van der Waals surface area contributed by atoms with Gasteiger partial charge in [0, 0.05) is 40.7 Å². The average Bonchev–Trinajstić information content (AvgIpc) is 3.20. The molecule has 4 aromatic rings. The maximum Gasteiger partial charge on any atom is 0.319 e. The molecule has 4 N–H and O–H groups in total. The minimum absolute atomic E-state index is 0.195. The van der Waals surface area contributed by atoms with E-state index in [1.54, 1.807) is 0 Å². The normalized spacial score (nSPS) is 11.0. The number of aromatic nitrogens is 2. The van der Waals surface area contributed by atoms with Crippen LogP contribution < -0.4 is 10.6 Å². The molecule has 120 valence electrons. The van der Waals surface area contributed by atoms with Gasteiger partial charge in [-0.15, -0.1) is 0 Å². The van der Waals surface area contributed by atoms with Gasteiger partial charge in [0.05, 0.1) is 5.69 Å². The van der Waals surface area contributed by atoms with Crippen molar-refractivity contribution in [1.29, 1.82) is 0 Å². The molecule has 0 fully saturated rings. The summed E-state index contributed by atoms with van der Waals surface area (Å²) in [6, 6.07) is 15.9. The summed E-state index contributed by atoms with van der Waals surface area (Å²) in [6.07, 6.45) is 4.60. The fourth-order valence-electron chi connectivity index (χ4n) is 2.99. The van der Waals surface area contributed by atoms with E-state index in [9.17, 15) is 4.79 Å². The van der Waals surface area contributed by atoms with Crippen LogP contribution >= 0.6 is 0 Å². The third-order valence-electron chi connectivity index (χ3n) is 4.19. The van der Waals surface area contributed by atoms with E-state index in [-0.39, 0.29) is 6.03 Å². The molecular formula is C19H18N4O. The average molecular weight is 318 g/mol. The SMILES string of the molecule is O=C(NCCc1c[nH]c2ccccc12)Nc1c[nH]c2ccccc12. The predicted octanol–water partition coefficient (Wildman–Crippen LogP) is 4.01. The van der Waals surface area contributed by atoms with Gasteiger partial charge >= 0.3 is 6.03 Å². The Balaban J connectivity index is 1.37. The molecule has 5 heteroatoms. The first-order valence-electron chi connectivity index (χ1n) is 7.97. The molecule has 0 aliphatic heterocycles. The Labute approximate surface area is 139 Å². The number of hydrogen-bond donors (Lipinski definition) is 4. The second-order valence-electron chi connectivity index (χ2n) is 5.74. The highest BCUT2D eigenvalue weighted by Crippen LogP contribution is 2.22. The van der Waals surface area contributed by atoms with Crippen molar-refractivity contribution < 1.29 is 4.79 Å². The number of rotatable bonds is 4. The van der Waals surface area contributed by atoms with Gasteiger partial charge < -0.3 is 20.6 Å². The van der Waals surface area contributed by atoms with E-state index in [1.807, 2.05) is 48.8 Å². The van der Waals surface area contributed by atoms with E-state index in [0.29, 0.717) is 6.54 Å². The largest absolute Gasteiger partial charge is 0.361 e. The third-order valence-corrected chi connectivity index (χ3v) is 4.19. The maximum absolute atomic E-state index is 12.1. The van der Waals surface area contributed by atoms with Crippen LogP contribution in [-0.4, -0.2) is 22.5 Å². The summed E-state index contributed by atoms with van der Waals surface area (Å²) >= 11 is 0. The number of fused-ring (bicyclic) bond motifs is 2. The Kier molecular flexibility index (Phi) is 3.67. The lowest BCUT2D eigenvalue weighted by atomic mass is 10.1. The highest BCUT2D eigenvalue weighted by Gasteiger charge is 2.07. The van der Waals surface area contributed by atoms with Crippen molar-refractivity contribution in [2.45, 2.75) is 6.42 Å². The number of para-hydroxylation sites is 2. The lowest BCUT2D eigenvalue weighted by Crippen LogP contribution is -2.30. The Morgan fingerprint density at radius 3 is 2.38 bits per heavy atom. The Bertz CT molecular complexity index is 999. The van der Waals surface area contributed by atoms with Gasteiger partial charge in [0.15, 0.2) is 0 Å². The molecule has 0 atom stereocenters. The molecule has 5 nitrogen and oxygen atoms in total. The standard InChI is InChI=1S/C19H18N4O/c24-19(23-18-12-22-17-8-4-2-6-15(17)18)20-10-9-13-11-21-16-7-3-1-5-14(13)16/h1-8,11-12,21-22H,9-10H2,(H2,20,23,24). The van der Waals surface area contributed by atoms with Crippen LogP contribution in [0.25, 0.3) is 21.8 Å². The molecule has 2 aromatic heterocycles. The second-order valence-corrected chi connectivity index (χ2v) is 5.74. The summed E-state index contributed by atoms with van der Waals surface area (Å²) in [5.41, 5.74) is 4.12. The fourth-order valence-corrected chi connectivity index (χ4v) is 2.99. The van der Waals surface area contributed by atoms with E-state index in [0.717, 1.165) is 28.5 Å². The van der Waals surface area contributed by atoms with Crippen molar-refractivity contribution in [3.8, 4) is 0 Å². The van der Waals surface area contributed by atoms with Crippen LogP contribution in [0.1, 0.15) is 5.56 Å². The van der Waals surface area contributed by atoms with Gasteiger partial charge in [-0.2, -0.15) is 0 Å². The Hall–Kier alpha value is -3.21. The zero-order valence-corrected chi connectivity index (χ0v) is 13.1. The van der Waals surface area contributed by atoms with Gasteiger partial charge in [-0.25, -0.2) is 4.79 Å². The molecule has 0 unspecified atom stereocenters. The fraction of sp³-hybridized carbons (Fsp3) is 0.105. The number of nitrogens with one attached hydrogen (secondary N) is 4. The molecule has 0 aliphatic carbocycles. The van der Waals surface area contributed by atoms with Crippen molar-refractivity contribution in [2.75, 3.05) is 11.9 Å². The Morgan fingerprint density at radius 1 is 0.875 bits per heavy atom. The van der Waals surface area contributed by atoms with Crippen LogP contribution in [0.3, 0.4) is 0 Å². The summed E-state index contributed by atoms with van der Waals surface area (Å²) < 4.78 is 0. The first-order chi connectivity index (χ1) is 11.8. The van der Waals surface area contributed by atoms with Crippen LogP contribution in [0.5, 0.6) is 0 Å². The van der Waals surface area contributed by atoms with Gasteiger partial charge in [0.1, 0.15) is 0 Å². The van der Waals surface area contributed by atoms with E-state index in [2.05, 4.69) is 32.7 Å². The monoisotopic (exact) mass is 318 g/mol. The molecular weight excluding hydrogens is 300 g/mol. The van der Waals surface area contributed by atoms with Gasteiger partial charge in [-0.05, 0) is 24.1 Å². The lowest BCUT2D eigenvalue weighted by molar-refractivity contribution is 0.252. The van der Waals surface area contributed by atoms with Crippen molar-refractivity contribution in [2.24, 2.45) is 0 Å². The van der Waals surface area contributed by atoms with Gasteiger partial charge in [0.2, 0.25) is 0 Å². The molecule has 2 heterocycles. The number of carbonyl (C=O) groups is 1. The maximum atomic E-state index is 12.1. The number of H-pyrrole nitrogens is 2. The Morgan fingerprint density at radius 2 is 1.54 bits per heavy atom. The zero-order chi connectivity index (χ0) is 16.4. The van der Waals surface area contributed by atoms with Gasteiger partial charge in [-0.1, -0.05) is 36.4 Å². The van der Waals surface area contributed by atoms with E-state index < -0.39 is 0 Å². The molecule has 0 saturated heterocycles. The molecule has 0 spiro atoms. The van der Waals surface area contributed by atoms with Crippen molar-refractivity contribution in [3.63, 3.8) is 0 Å². The van der Waals surface area contributed by atoms with E-state index in [4.69, 9.17) is 0 Å². The van der Waals surface area contributed by atoms with Crippen LogP contribution in [-0.2, 0) is 6.42 Å².